The second kappa shape index (κ2) is 8.78. The molecule has 33 heavy (non-hydrogen) atoms. The summed E-state index contributed by atoms with van der Waals surface area (Å²) in [5.41, 5.74) is 5.93. The molecule has 168 valence electrons. The van der Waals surface area contributed by atoms with Crippen LogP contribution in [0, 0.1) is 6.92 Å². The van der Waals surface area contributed by atoms with E-state index in [4.69, 9.17) is 16.3 Å². The van der Waals surface area contributed by atoms with E-state index in [1.54, 1.807) is 12.4 Å². The molecule has 0 aromatic carbocycles. The lowest BCUT2D eigenvalue weighted by molar-refractivity contribution is 0.0603. The maximum absolute atomic E-state index is 12.8. The third-order valence-corrected chi connectivity index (χ3v) is 6.32. The number of hydrogen-bond donors (Lipinski definition) is 0. The van der Waals surface area contributed by atoms with Crippen LogP contribution < -0.4 is 0 Å². The van der Waals surface area contributed by atoms with Crippen molar-refractivity contribution in [3.63, 3.8) is 0 Å². The third-order valence-electron chi connectivity index (χ3n) is 5.95. The number of carbonyl (C=O) groups excluding carboxylic acids is 1. The Kier molecular flexibility index (Phi) is 5.68. The first-order chi connectivity index (χ1) is 16.0. The third kappa shape index (κ3) is 4.02. The Morgan fingerprint density at radius 1 is 1.24 bits per heavy atom. The van der Waals surface area contributed by atoms with Crippen molar-refractivity contribution in [3.8, 4) is 22.5 Å². The van der Waals surface area contributed by atoms with Crippen molar-refractivity contribution in [1.29, 1.82) is 0 Å². The largest absolute Gasteiger partial charge is 0.465 e. The zero-order valence-corrected chi connectivity index (χ0v) is 19.2. The minimum Gasteiger partial charge on any atom is -0.465 e. The van der Waals surface area contributed by atoms with Crippen LogP contribution in [0.25, 0.3) is 28.2 Å². The summed E-state index contributed by atoms with van der Waals surface area (Å²) in [6.07, 6.45) is 14.3. The average molecular weight is 463 g/mol. The molecule has 5 rings (SSSR count). The van der Waals surface area contributed by atoms with E-state index in [0.717, 1.165) is 30.5 Å². The fourth-order valence-electron chi connectivity index (χ4n) is 4.22. The fraction of sp³-hybridized carbons (Fsp3) is 0.292. The molecule has 1 aliphatic rings. The minimum absolute atomic E-state index is 0.353. The van der Waals surface area contributed by atoms with Gasteiger partial charge in [-0.25, -0.2) is 9.78 Å². The minimum atomic E-state index is -0.464. The standard InChI is InChI=1S/C24H23ClN6O2/c1-15-10-19(28-29-22(15)25)20-12-26-23-21(24(32)33-2)18(8-9-31(20)23)17-11-27-30(14-17)13-16-6-4-3-5-7-16/h6,8-12,14H,3-5,7,13H2,1-2H3. The molecule has 0 radical (unpaired) electrons. The Balaban J connectivity index is 1.58. The zero-order valence-electron chi connectivity index (χ0n) is 18.5. The van der Waals surface area contributed by atoms with Gasteiger partial charge in [0.2, 0.25) is 0 Å². The van der Waals surface area contributed by atoms with E-state index in [-0.39, 0.29) is 0 Å². The van der Waals surface area contributed by atoms with Crippen molar-refractivity contribution in [2.75, 3.05) is 7.11 Å². The van der Waals surface area contributed by atoms with E-state index in [1.165, 1.54) is 25.5 Å². The molecule has 0 unspecified atom stereocenters. The summed E-state index contributed by atoms with van der Waals surface area (Å²) in [4.78, 5) is 17.4. The normalized spacial score (nSPS) is 13.8. The van der Waals surface area contributed by atoms with Crippen LogP contribution in [0.1, 0.15) is 41.6 Å². The van der Waals surface area contributed by atoms with E-state index in [0.29, 0.717) is 33.3 Å². The predicted molar refractivity (Wildman–Crippen MR) is 125 cm³/mol. The van der Waals surface area contributed by atoms with Gasteiger partial charge in [-0.15, -0.1) is 10.2 Å². The highest BCUT2D eigenvalue weighted by Gasteiger charge is 2.22. The van der Waals surface area contributed by atoms with Crippen LogP contribution in [0.4, 0.5) is 0 Å². The molecule has 1 aliphatic carbocycles. The van der Waals surface area contributed by atoms with Gasteiger partial charge >= 0.3 is 5.97 Å². The molecule has 0 saturated carbocycles. The van der Waals surface area contributed by atoms with E-state index < -0.39 is 5.97 Å². The number of nitrogens with zero attached hydrogens (tertiary/aromatic N) is 6. The van der Waals surface area contributed by atoms with E-state index in [1.807, 2.05) is 40.5 Å². The van der Waals surface area contributed by atoms with Crippen molar-refractivity contribution < 1.29 is 9.53 Å². The number of rotatable bonds is 5. The van der Waals surface area contributed by atoms with Crippen molar-refractivity contribution in [2.45, 2.75) is 39.2 Å². The number of aromatic nitrogens is 6. The monoisotopic (exact) mass is 462 g/mol. The molecule has 4 aromatic rings. The number of ether oxygens (including phenoxy) is 1. The molecule has 8 nitrogen and oxygen atoms in total. The van der Waals surface area contributed by atoms with Gasteiger partial charge in [0, 0.05) is 23.5 Å². The molecule has 0 spiro atoms. The smallest absolute Gasteiger partial charge is 0.342 e. The lowest BCUT2D eigenvalue weighted by Crippen LogP contribution is -2.07. The van der Waals surface area contributed by atoms with E-state index in [2.05, 4.69) is 26.4 Å². The zero-order chi connectivity index (χ0) is 22.9. The Labute approximate surface area is 195 Å². The van der Waals surface area contributed by atoms with Gasteiger partial charge < -0.3 is 4.74 Å². The average Bonchev–Trinajstić information content (AvgIpc) is 3.47. The lowest BCUT2D eigenvalue weighted by Gasteiger charge is -2.12. The molecule has 9 heteroatoms. The summed E-state index contributed by atoms with van der Waals surface area (Å²) in [6.45, 7) is 2.63. The van der Waals surface area contributed by atoms with Crippen LogP contribution in [0.3, 0.4) is 0 Å². The van der Waals surface area contributed by atoms with E-state index in [9.17, 15) is 4.79 Å². The number of fused-ring (bicyclic) bond motifs is 1. The summed E-state index contributed by atoms with van der Waals surface area (Å²) in [5, 5.41) is 13.1. The van der Waals surface area contributed by atoms with Crippen molar-refractivity contribution in [2.24, 2.45) is 0 Å². The quantitative estimate of drug-likeness (QED) is 0.309. The van der Waals surface area contributed by atoms with Crippen molar-refractivity contribution >= 4 is 23.2 Å². The number of esters is 1. The Morgan fingerprint density at radius 2 is 2.12 bits per heavy atom. The van der Waals surface area contributed by atoms with Gasteiger partial charge in [0.25, 0.3) is 0 Å². The Morgan fingerprint density at radius 3 is 2.88 bits per heavy atom. The molecule has 0 bridgehead atoms. The molecule has 0 fully saturated rings. The first-order valence-corrected chi connectivity index (χ1v) is 11.2. The number of aryl methyl sites for hydroxylation is 1. The first-order valence-electron chi connectivity index (χ1n) is 10.8. The first kappa shape index (κ1) is 21.3. The van der Waals surface area contributed by atoms with Gasteiger partial charge in [-0.3, -0.25) is 9.08 Å². The molecule has 4 aromatic heterocycles. The van der Waals surface area contributed by atoms with Gasteiger partial charge in [-0.2, -0.15) is 5.10 Å². The van der Waals surface area contributed by atoms with Gasteiger partial charge in [-0.1, -0.05) is 23.3 Å². The molecule has 0 aliphatic heterocycles. The molecule has 0 amide bonds. The van der Waals surface area contributed by atoms with Crippen LogP contribution >= 0.6 is 11.6 Å². The Bertz CT molecular complexity index is 1390. The highest BCUT2D eigenvalue weighted by atomic mass is 35.5. The molecule has 4 heterocycles. The highest BCUT2D eigenvalue weighted by Crippen LogP contribution is 2.30. The van der Waals surface area contributed by atoms with Gasteiger partial charge in [0.15, 0.2) is 10.8 Å². The molecule has 0 atom stereocenters. The summed E-state index contributed by atoms with van der Waals surface area (Å²) in [7, 11) is 1.37. The topological polar surface area (TPSA) is 87.2 Å². The second-order valence-corrected chi connectivity index (χ2v) is 8.53. The van der Waals surface area contributed by atoms with Crippen LogP contribution in [-0.2, 0) is 11.3 Å². The number of allylic oxidation sites excluding steroid dienone is 2. The second-order valence-electron chi connectivity index (χ2n) is 8.17. The van der Waals surface area contributed by atoms with Crippen LogP contribution in [0.5, 0.6) is 0 Å². The molecule has 0 N–H and O–H groups in total. The number of hydrogen-bond acceptors (Lipinski definition) is 6. The number of carbonyl (C=O) groups is 1. The van der Waals surface area contributed by atoms with Crippen molar-refractivity contribution in [3.05, 3.63) is 64.8 Å². The SMILES string of the molecule is COC(=O)c1c(-c2cnn(CC3=CCCCC3)c2)ccn2c(-c3cc(C)c(Cl)nn3)cnc12. The fourth-order valence-corrected chi connectivity index (χ4v) is 4.32. The Hall–Kier alpha value is -3.52. The maximum Gasteiger partial charge on any atom is 0.342 e. The molecular weight excluding hydrogens is 440 g/mol. The summed E-state index contributed by atoms with van der Waals surface area (Å²) < 4.78 is 8.84. The number of pyridine rings is 1. The van der Waals surface area contributed by atoms with Crippen LogP contribution in [0.2, 0.25) is 5.15 Å². The van der Waals surface area contributed by atoms with Crippen molar-refractivity contribution in [1.82, 2.24) is 29.4 Å². The maximum atomic E-state index is 12.8. The van der Waals surface area contributed by atoms with E-state index >= 15 is 0 Å². The number of halogens is 1. The predicted octanol–water partition coefficient (Wildman–Crippen LogP) is 4.90. The lowest BCUT2D eigenvalue weighted by atomic mass is 10.00. The van der Waals surface area contributed by atoms with Gasteiger partial charge in [0.1, 0.15) is 11.3 Å². The molecule has 0 saturated heterocycles. The molecular formula is C24H23ClN6O2. The van der Waals surface area contributed by atoms with Crippen LogP contribution in [0.15, 0.2) is 48.6 Å². The van der Waals surface area contributed by atoms with Gasteiger partial charge in [0.05, 0.1) is 31.7 Å². The number of imidazole rings is 1. The summed E-state index contributed by atoms with van der Waals surface area (Å²) in [5.74, 6) is -0.464. The van der Waals surface area contributed by atoms with Crippen LogP contribution in [-0.4, -0.2) is 42.4 Å². The van der Waals surface area contributed by atoms with Gasteiger partial charge in [-0.05, 0) is 50.3 Å². The summed E-state index contributed by atoms with van der Waals surface area (Å²) >= 11 is 6.03. The summed E-state index contributed by atoms with van der Waals surface area (Å²) in [6, 6.07) is 3.72. The number of methoxy groups -OCH3 is 1. The highest BCUT2D eigenvalue weighted by molar-refractivity contribution is 6.30.